The van der Waals surface area contributed by atoms with Gasteiger partial charge in [0, 0.05) is 24.5 Å². The maximum atomic E-state index is 12.5. The third-order valence-electron chi connectivity index (χ3n) is 4.58. The Morgan fingerprint density at radius 3 is 2.55 bits per heavy atom. The Labute approximate surface area is 187 Å². The van der Waals surface area contributed by atoms with Crippen LogP contribution in [0.2, 0.25) is 0 Å². The van der Waals surface area contributed by atoms with Gasteiger partial charge in [0.15, 0.2) is 0 Å². The van der Waals surface area contributed by atoms with Gasteiger partial charge in [0.1, 0.15) is 0 Å². The van der Waals surface area contributed by atoms with Crippen LogP contribution in [0.4, 0.5) is 13.2 Å². The number of benzene rings is 1. The smallest absolute Gasteiger partial charge is 0.333 e. The summed E-state index contributed by atoms with van der Waals surface area (Å²) in [7, 11) is -2.13. The fourth-order valence-electron chi connectivity index (χ4n) is 2.75. The molecule has 0 aliphatic heterocycles. The molecule has 3 aromatic rings. The Hall–Kier alpha value is -3.58. The van der Waals surface area contributed by atoms with E-state index < -0.39 is 21.8 Å². The summed E-state index contributed by atoms with van der Waals surface area (Å²) in [5.74, 6) is 0.392. The van der Waals surface area contributed by atoms with Crippen molar-refractivity contribution in [2.75, 3.05) is 0 Å². The predicted molar refractivity (Wildman–Crippen MR) is 114 cm³/mol. The molecule has 0 radical (unpaired) electrons. The van der Waals surface area contributed by atoms with Crippen LogP contribution in [0, 0.1) is 0 Å². The van der Waals surface area contributed by atoms with Crippen LogP contribution in [0.1, 0.15) is 12.1 Å². The summed E-state index contributed by atoms with van der Waals surface area (Å²) in [6, 6.07) is 5.65. The van der Waals surface area contributed by atoms with Gasteiger partial charge in [0.25, 0.3) is 5.89 Å². The summed E-state index contributed by atoms with van der Waals surface area (Å²) in [6.07, 6.45) is -1.79. The normalized spacial score (nSPS) is 12.4. The zero-order chi connectivity index (χ0) is 24.4. The molecule has 0 unspecified atom stereocenters. The first-order valence-corrected chi connectivity index (χ1v) is 10.9. The van der Waals surface area contributed by atoms with Gasteiger partial charge in [-0.1, -0.05) is 18.3 Å². The van der Waals surface area contributed by atoms with Gasteiger partial charge < -0.3 is 4.52 Å². The molecule has 1 aromatic carbocycles. The van der Waals surface area contributed by atoms with Crippen molar-refractivity contribution in [2.24, 2.45) is 17.2 Å². The molecule has 3 rings (SSSR count). The van der Waals surface area contributed by atoms with Crippen molar-refractivity contribution < 1.29 is 26.1 Å². The van der Waals surface area contributed by atoms with Gasteiger partial charge in [-0.05, 0) is 37.1 Å². The first kappa shape index (κ1) is 24.1. The summed E-state index contributed by atoms with van der Waals surface area (Å²) in [4.78, 5) is 8.00. The first-order valence-electron chi connectivity index (χ1n) is 9.32. The van der Waals surface area contributed by atoms with Crippen LogP contribution in [0.3, 0.4) is 0 Å². The van der Waals surface area contributed by atoms with Crippen molar-refractivity contribution in [3.63, 3.8) is 0 Å². The fraction of sp³-hybridized carbons (Fsp3) is 0.200. The van der Waals surface area contributed by atoms with E-state index in [2.05, 4.69) is 33.4 Å². The van der Waals surface area contributed by atoms with E-state index in [9.17, 15) is 21.6 Å². The van der Waals surface area contributed by atoms with E-state index in [0.717, 1.165) is 0 Å². The predicted octanol–water partition coefficient (Wildman–Crippen LogP) is 3.42. The summed E-state index contributed by atoms with van der Waals surface area (Å²) in [5, 5.41) is 13.2. The average molecular weight is 480 g/mol. The Balaban J connectivity index is 1.75. The molecule has 0 amide bonds. The molecule has 33 heavy (non-hydrogen) atoms. The van der Waals surface area contributed by atoms with Gasteiger partial charge in [-0.3, -0.25) is 9.67 Å². The van der Waals surface area contributed by atoms with Crippen LogP contribution in [0.5, 0.6) is 0 Å². The van der Waals surface area contributed by atoms with E-state index in [4.69, 9.17) is 9.66 Å². The van der Waals surface area contributed by atoms with Crippen molar-refractivity contribution in [3.8, 4) is 22.8 Å². The van der Waals surface area contributed by atoms with Gasteiger partial charge in [0.05, 0.1) is 27.9 Å². The quantitative estimate of drug-likeness (QED) is 0.492. The molecular formula is C20H19F3N6O3S. The number of primary sulfonamides is 1. The van der Waals surface area contributed by atoms with Gasteiger partial charge in [-0.2, -0.15) is 23.3 Å². The Kier molecular flexibility index (Phi) is 6.65. The maximum Gasteiger partial charge on any atom is 0.417 e. The number of halogens is 3. The highest BCUT2D eigenvalue weighted by Crippen LogP contribution is 2.27. The number of aryl methyl sites for hydroxylation is 1. The molecule has 0 aliphatic rings. The molecule has 2 aromatic heterocycles. The van der Waals surface area contributed by atoms with E-state index in [-0.39, 0.29) is 28.7 Å². The lowest BCUT2D eigenvalue weighted by atomic mass is 10.1. The lowest BCUT2D eigenvalue weighted by molar-refractivity contribution is -0.0852. The molecule has 9 nitrogen and oxygen atoms in total. The van der Waals surface area contributed by atoms with E-state index >= 15 is 0 Å². The monoisotopic (exact) mass is 480 g/mol. The number of aromatic nitrogens is 4. The van der Waals surface area contributed by atoms with Crippen LogP contribution < -0.4 is 5.14 Å². The second kappa shape index (κ2) is 9.11. The molecular weight excluding hydrogens is 461 g/mol. The minimum absolute atomic E-state index is 0.0498. The second-order valence-corrected chi connectivity index (χ2v) is 8.53. The Morgan fingerprint density at radius 1 is 1.27 bits per heavy atom. The number of nitrogens with zero attached hydrogens (tertiary/aromatic N) is 5. The summed E-state index contributed by atoms with van der Waals surface area (Å²) in [6.45, 7) is 6.60. The average Bonchev–Trinajstić information content (AvgIpc) is 3.36. The topological polar surface area (TPSA) is 129 Å². The number of sulfonamides is 1. The van der Waals surface area contributed by atoms with Crippen molar-refractivity contribution in [1.29, 1.82) is 0 Å². The highest BCUT2D eigenvalue weighted by Gasteiger charge is 2.30. The zero-order valence-corrected chi connectivity index (χ0v) is 18.2. The number of alkyl halides is 3. The largest absolute Gasteiger partial charge is 0.417 e. The van der Waals surface area contributed by atoms with E-state index in [1.807, 2.05) is 0 Å². The molecule has 2 heterocycles. The third kappa shape index (κ3) is 5.81. The van der Waals surface area contributed by atoms with Gasteiger partial charge >= 0.3 is 6.18 Å². The van der Waals surface area contributed by atoms with Crippen LogP contribution in [-0.4, -0.2) is 40.7 Å². The number of nitrogens with two attached hydrogens (primary N) is 1. The van der Waals surface area contributed by atoms with Crippen LogP contribution >= 0.6 is 0 Å². The minimum Gasteiger partial charge on any atom is -0.333 e. The molecule has 0 saturated carbocycles. The lowest BCUT2D eigenvalue weighted by Crippen LogP contribution is -2.11. The summed E-state index contributed by atoms with van der Waals surface area (Å²) >= 11 is 0. The minimum atomic E-state index is -4.55. The number of allylic oxidation sites excluding steroid dienone is 2. The summed E-state index contributed by atoms with van der Waals surface area (Å²) in [5.41, 5.74) is 0.888. The molecule has 0 atom stereocenters. The van der Waals surface area contributed by atoms with Gasteiger partial charge in [-0.15, -0.1) is 0 Å². The zero-order valence-electron chi connectivity index (χ0n) is 17.4. The Bertz CT molecular complexity index is 1320. The first-order chi connectivity index (χ1) is 15.4. The number of hydrogen-bond acceptors (Lipinski definition) is 7. The van der Waals surface area contributed by atoms with Crippen molar-refractivity contribution >= 4 is 16.2 Å². The van der Waals surface area contributed by atoms with E-state index in [0.29, 0.717) is 29.5 Å². The molecule has 0 bridgehead atoms. The SMILES string of the molecule is C=C(CCc1c(-c2nc(-c3ccc(S(N)(=O)=O)cc3)no2)cnn1C)/N=C\C(=C)C(F)(F)F. The standard InChI is InChI=1S/C20H19F3N6O3S/c1-12(20(21,22)23)10-25-13(2)4-9-17-16(11-26-29(17)3)19-27-18(28-32-19)14-5-7-15(8-6-14)33(24,30)31/h5-8,10-11H,1-2,4,9H2,3H3,(H2,24,30,31)/b25-10-. The Morgan fingerprint density at radius 2 is 1.94 bits per heavy atom. The molecule has 0 saturated heterocycles. The molecule has 0 spiro atoms. The highest BCUT2D eigenvalue weighted by atomic mass is 32.2. The number of rotatable bonds is 8. The maximum absolute atomic E-state index is 12.5. The van der Waals surface area contributed by atoms with Crippen molar-refractivity contribution in [1.82, 2.24) is 19.9 Å². The third-order valence-corrected chi connectivity index (χ3v) is 5.51. The van der Waals surface area contributed by atoms with Crippen LogP contribution in [0.25, 0.3) is 22.8 Å². The second-order valence-electron chi connectivity index (χ2n) is 6.97. The van der Waals surface area contributed by atoms with Crippen LogP contribution in [0.15, 0.2) is 69.3 Å². The summed E-state index contributed by atoms with van der Waals surface area (Å²) < 4.78 is 67.2. The highest BCUT2D eigenvalue weighted by molar-refractivity contribution is 7.89. The lowest BCUT2D eigenvalue weighted by Gasteiger charge is -2.06. The molecule has 0 fully saturated rings. The van der Waals surface area contributed by atoms with Crippen molar-refractivity contribution in [2.45, 2.75) is 23.9 Å². The van der Waals surface area contributed by atoms with Gasteiger partial charge in [-0.25, -0.2) is 13.6 Å². The molecule has 2 N–H and O–H groups in total. The van der Waals surface area contributed by atoms with Crippen molar-refractivity contribution in [3.05, 3.63) is 60.6 Å². The van der Waals surface area contributed by atoms with E-state index in [1.54, 1.807) is 11.7 Å². The van der Waals surface area contributed by atoms with E-state index in [1.165, 1.54) is 30.5 Å². The molecule has 174 valence electrons. The fourth-order valence-corrected chi connectivity index (χ4v) is 3.27. The van der Waals surface area contributed by atoms with Crippen LogP contribution in [-0.2, 0) is 23.5 Å². The molecule has 13 heteroatoms. The number of aliphatic imine (C=N–C) groups is 1. The molecule has 0 aliphatic carbocycles. The van der Waals surface area contributed by atoms with Gasteiger partial charge in [0.2, 0.25) is 15.8 Å². The number of hydrogen-bond donors (Lipinski definition) is 1.